The summed E-state index contributed by atoms with van der Waals surface area (Å²) in [6, 6.07) is 88.5. The molecule has 0 aliphatic heterocycles. The van der Waals surface area contributed by atoms with Gasteiger partial charge in [0, 0.05) is 32.9 Å². The molecule has 62 heavy (non-hydrogen) atoms. The molecule has 0 saturated carbocycles. The fourth-order valence-electron chi connectivity index (χ4n) is 9.75. The normalized spacial score (nSPS) is 11.5. The summed E-state index contributed by atoms with van der Waals surface area (Å²) in [6.45, 7) is 0. The number of rotatable bonds is 7. The Hall–Kier alpha value is -8.20. The molecular weight excluding hydrogens is 749 g/mol. The van der Waals surface area contributed by atoms with Crippen LogP contribution in [0.5, 0.6) is 0 Å². The van der Waals surface area contributed by atoms with Gasteiger partial charge in [0.2, 0.25) is 0 Å². The third kappa shape index (κ3) is 5.88. The molecule has 10 aromatic carbocycles. The van der Waals surface area contributed by atoms with Gasteiger partial charge < -0.3 is 9.13 Å². The molecule has 0 spiro atoms. The van der Waals surface area contributed by atoms with Crippen LogP contribution in [0, 0.1) is 0 Å². The fourth-order valence-corrected chi connectivity index (χ4v) is 9.75. The molecular formula is C60H40N2. The van der Waals surface area contributed by atoms with E-state index in [4.69, 9.17) is 0 Å². The first-order valence-electron chi connectivity index (χ1n) is 21.3. The number of para-hydroxylation sites is 4. The topological polar surface area (TPSA) is 9.86 Å². The van der Waals surface area contributed by atoms with Gasteiger partial charge in [-0.1, -0.05) is 188 Å². The Kier molecular flexibility index (Phi) is 8.53. The van der Waals surface area contributed by atoms with E-state index in [1.54, 1.807) is 0 Å². The molecule has 2 heteroatoms. The average molecular weight is 789 g/mol. The number of hydrogen-bond acceptors (Lipinski definition) is 0. The van der Waals surface area contributed by atoms with E-state index in [1.807, 2.05) is 0 Å². The molecule has 0 fully saturated rings. The Morgan fingerprint density at radius 3 is 0.968 bits per heavy atom. The highest BCUT2D eigenvalue weighted by atomic mass is 15.0. The largest absolute Gasteiger partial charge is 0.309 e. The van der Waals surface area contributed by atoms with E-state index >= 15 is 0 Å². The first-order valence-corrected chi connectivity index (χ1v) is 21.3. The second-order valence-corrected chi connectivity index (χ2v) is 16.1. The predicted molar refractivity (Wildman–Crippen MR) is 262 cm³/mol. The van der Waals surface area contributed by atoms with E-state index in [9.17, 15) is 0 Å². The van der Waals surface area contributed by atoms with Crippen molar-refractivity contribution in [3.8, 4) is 67.0 Å². The summed E-state index contributed by atoms with van der Waals surface area (Å²) in [5.74, 6) is 0. The maximum atomic E-state index is 2.42. The second-order valence-electron chi connectivity index (χ2n) is 16.1. The molecule has 2 aromatic heterocycles. The van der Waals surface area contributed by atoms with Gasteiger partial charge >= 0.3 is 0 Å². The average Bonchev–Trinajstić information content (AvgIpc) is 3.87. The van der Waals surface area contributed by atoms with Crippen molar-refractivity contribution in [2.75, 3.05) is 0 Å². The van der Waals surface area contributed by atoms with Crippen molar-refractivity contribution in [3.63, 3.8) is 0 Å². The molecule has 0 aliphatic carbocycles. The van der Waals surface area contributed by atoms with Crippen LogP contribution in [-0.4, -0.2) is 9.13 Å². The molecule has 290 valence electrons. The fraction of sp³-hybridized carbons (Fsp3) is 0. The summed E-state index contributed by atoms with van der Waals surface area (Å²) in [5, 5.41) is 5.05. The van der Waals surface area contributed by atoms with Crippen molar-refractivity contribution in [3.05, 3.63) is 243 Å². The molecule has 0 bridgehead atoms. The lowest BCUT2D eigenvalue weighted by atomic mass is 9.85. The molecule has 0 atom stereocenters. The molecule has 2 heterocycles. The van der Waals surface area contributed by atoms with E-state index in [1.165, 1.54) is 93.7 Å². The highest BCUT2D eigenvalue weighted by Gasteiger charge is 2.19. The zero-order valence-electron chi connectivity index (χ0n) is 34.0. The third-order valence-electron chi connectivity index (χ3n) is 12.6. The minimum atomic E-state index is 1.14. The van der Waals surface area contributed by atoms with Gasteiger partial charge in [-0.05, 0) is 110 Å². The van der Waals surface area contributed by atoms with Crippen LogP contribution >= 0.6 is 0 Å². The quantitative estimate of drug-likeness (QED) is 0.152. The van der Waals surface area contributed by atoms with Crippen molar-refractivity contribution in [2.45, 2.75) is 0 Å². The van der Waals surface area contributed by atoms with Gasteiger partial charge in [-0.3, -0.25) is 0 Å². The minimum absolute atomic E-state index is 1.14. The van der Waals surface area contributed by atoms with Crippen molar-refractivity contribution in [1.29, 1.82) is 0 Å². The monoisotopic (exact) mass is 788 g/mol. The van der Waals surface area contributed by atoms with Gasteiger partial charge in [0.05, 0.1) is 22.1 Å². The summed E-state index contributed by atoms with van der Waals surface area (Å²) in [7, 11) is 0. The van der Waals surface area contributed by atoms with Crippen LogP contribution in [0.25, 0.3) is 111 Å². The zero-order chi connectivity index (χ0) is 41.0. The molecule has 0 radical (unpaired) electrons. The third-order valence-corrected chi connectivity index (χ3v) is 12.6. The second kappa shape index (κ2) is 14.8. The van der Waals surface area contributed by atoms with Crippen molar-refractivity contribution in [1.82, 2.24) is 9.13 Å². The van der Waals surface area contributed by atoms with Gasteiger partial charge in [0.15, 0.2) is 0 Å². The Morgan fingerprint density at radius 1 is 0.210 bits per heavy atom. The van der Waals surface area contributed by atoms with Crippen LogP contribution < -0.4 is 0 Å². The maximum absolute atomic E-state index is 2.42. The van der Waals surface area contributed by atoms with Crippen LogP contribution in [0.2, 0.25) is 0 Å². The lowest BCUT2D eigenvalue weighted by Gasteiger charge is -2.19. The lowest BCUT2D eigenvalue weighted by Crippen LogP contribution is -1.96. The Bertz CT molecular complexity index is 3430. The minimum Gasteiger partial charge on any atom is -0.309 e. The van der Waals surface area contributed by atoms with E-state index in [0.717, 1.165) is 16.9 Å². The van der Waals surface area contributed by atoms with Gasteiger partial charge in [0.1, 0.15) is 0 Å². The van der Waals surface area contributed by atoms with E-state index < -0.39 is 0 Å². The van der Waals surface area contributed by atoms with Crippen molar-refractivity contribution >= 4 is 43.6 Å². The molecule has 0 saturated heterocycles. The first-order chi connectivity index (χ1) is 30.8. The molecule has 0 aliphatic rings. The number of nitrogens with zero attached hydrogens (tertiary/aromatic N) is 2. The molecule has 0 unspecified atom stereocenters. The number of benzene rings is 10. The van der Waals surface area contributed by atoms with Crippen LogP contribution in [0.3, 0.4) is 0 Å². The van der Waals surface area contributed by atoms with Crippen molar-refractivity contribution in [2.24, 2.45) is 0 Å². The van der Waals surface area contributed by atoms with Gasteiger partial charge in [-0.25, -0.2) is 0 Å². The SMILES string of the molecule is c1ccc(-c2cccc(-c3ccccc3)c2-c2ccc(-c3ccc(-n4c5ccccc5c5ccccc54)cc3)c(-c3ccc(-n4c5ccccc5c5ccccc54)cc3)c2)cc1. The standard InChI is InChI=1S/C60H40N2/c1-3-16-41(17-4-1)49-24-15-25-50(42-18-5-2-6-19-42)60(49)45-34-39-48(43-30-35-46(36-31-43)61-56-26-11-7-20-51(56)52-21-8-12-27-57(52)61)55(40-45)44-32-37-47(38-33-44)62-58-28-13-9-22-53(58)54-23-10-14-29-59(54)62/h1-40H. The molecule has 12 rings (SSSR count). The van der Waals surface area contributed by atoms with E-state index in [-0.39, 0.29) is 0 Å². The summed E-state index contributed by atoms with van der Waals surface area (Å²) >= 11 is 0. The molecule has 2 nitrogen and oxygen atoms in total. The first kappa shape index (κ1) is 35.7. The van der Waals surface area contributed by atoms with Crippen LogP contribution in [0.15, 0.2) is 243 Å². The number of fused-ring (bicyclic) bond motifs is 6. The predicted octanol–water partition coefficient (Wildman–Crippen LogP) is 16.2. The maximum Gasteiger partial charge on any atom is 0.0541 e. The highest BCUT2D eigenvalue weighted by Crippen LogP contribution is 2.44. The highest BCUT2D eigenvalue weighted by molar-refractivity contribution is 6.10. The Balaban J connectivity index is 1.05. The Morgan fingerprint density at radius 2 is 0.548 bits per heavy atom. The summed E-state index contributed by atoms with van der Waals surface area (Å²) in [5.41, 5.74) is 19.0. The summed E-state index contributed by atoms with van der Waals surface area (Å²) < 4.78 is 4.78. The lowest BCUT2D eigenvalue weighted by molar-refractivity contribution is 1.18. The molecule has 0 N–H and O–H groups in total. The molecule has 12 aromatic rings. The van der Waals surface area contributed by atoms with Gasteiger partial charge in [-0.15, -0.1) is 0 Å². The number of aromatic nitrogens is 2. The van der Waals surface area contributed by atoms with Gasteiger partial charge in [-0.2, -0.15) is 0 Å². The van der Waals surface area contributed by atoms with E-state index in [0.29, 0.717) is 0 Å². The van der Waals surface area contributed by atoms with Crippen molar-refractivity contribution < 1.29 is 0 Å². The van der Waals surface area contributed by atoms with Crippen LogP contribution in [-0.2, 0) is 0 Å². The zero-order valence-corrected chi connectivity index (χ0v) is 34.0. The Labute approximate surface area is 360 Å². The van der Waals surface area contributed by atoms with Crippen LogP contribution in [0.1, 0.15) is 0 Å². The molecule has 0 amide bonds. The van der Waals surface area contributed by atoms with E-state index in [2.05, 4.69) is 252 Å². The number of hydrogen-bond donors (Lipinski definition) is 0. The summed E-state index contributed by atoms with van der Waals surface area (Å²) in [6.07, 6.45) is 0. The smallest absolute Gasteiger partial charge is 0.0541 e. The summed E-state index contributed by atoms with van der Waals surface area (Å²) in [4.78, 5) is 0. The van der Waals surface area contributed by atoms with Gasteiger partial charge in [0.25, 0.3) is 0 Å². The van der Waals surface area contributed by atoms with Crippen LogP contribution in [0.4, 0.5) is 0 Å².